The molecule has 0 aromatic carbocycles. The summed E-state index contributed by atoms with van der Waals surface area (Å²) in [5, 5.41) is 5.76. The van der Waals surface area contributed by atoms with E-state index < -0.39 is 0 Å². The number of nitrogens with one attached hydrogen (secondary N) is 1. The molecule has 0 saturated heterocycles. The molecule has 1 heterocycles. The summed E-state index contributed by atoms with van der Waals surface area (Å²) < 4.78 is 0. The van der Waals surface area contributed by atoms with Crippen LogP contribution in [0.5, 0.6) is 0 Å². The van der Waals surface area contributed by atoms with Gasteiger partial charge in [0.2, 0.25) is 0 Å². The normalized spacial score (nSPS) is 46.0. The maximum absolute atomic E-state index is 4.77. The number of amidine groups is 1. The van der Waals surface area contributed by atoms with Gasteiger partial charge >= 0.3 is 0 Å². The van der Waals surface area contributed by atoms with Gasteiger partial charge in [0, 0.05) is 11.3 Å². The van der Waals surface area contributed by atoms with Crippen molar-refractivity contribution in [2.75, 3.05) is 6.54 Å². The van der Waals surface area contributed by atoms with Crippen LogP contribution >= 0.6 is 11.8 Å². The fraction of sp³-hybridized carbons (Fsp3) is 0.944. The van der Waals surface area contributed by atoms with E-state index in [2.05, 4.69) is 26.1 Å². The van der Waals surface area contributed by atoms with E-state index in [4.69, 9.17) is 4.99 Å². The molecular weight excluding hydrogens is 276 g/mol. The lowest BCUT2D eigenvalue weighted by atomic mass is 9.48. The molecule has 2 nitrogen and oxygen atoms in total. The van der Waals surface area contributed by atoms with E-state index in [1.54, 1.807) is 0 Å². The molecular formula is C18H30N2S. The smallest absolute Gasteiger partial charge is 0.157 e. The Labute approximate surface area is 133 Å². The van der Waals surface area contributed by atoms with Gasteiger partial charge in [-0.1, -0.05) is 25.6 Å². The van der Waals surface area contributed by atoms with Crippen LogP contribution in [0, 0.1) is 29.1 Å². The predicted molar refractivity (Wildman–Crippen MR) is 91.7 cm³/mol. The SMILES string of the molecule is CC(C)C1CN=C(NC(C)C23CC4CC(CC(C4)C2)C3)S1. The van der Waals surface area contributed by atoms with Gasteiger partial charge in [-0.2, -0.15) is 0 Å². The van der Waals surface area contributed by atoms with Gasteiger partial charge in [0.15, 0.2) is 5.17 Å². The summed E-state index contributed by atoms with van der Waals surface area (Å²) in [6.07, 6.45) is 9.07. The summed E-state index contributed by atoms with van der Waals surface area (Å²) in [5.41, 5.74) is 0.591. The zero-order chi connectivity index (χ0) is 14.6. The highest BCUT2D eigenvalue weighted by atomic mass is 32.2. The van der Waals surface area contributed by atoms with Gasteiger partial charge in [-0.3, -0.25) is 4.99 Å². The lowest BCUT2D eigenvalue weighted by Gasteiger charge is -2.59. The summed E-state index contributed by atoms with van der Waals surface area (Å²) in [7, 11) is 0. The van der Waals surface area contributed by atoms with Crippen molar-refractivity contribution in [3.8, 4) is 0 Å². The van der Waals surface area contributed by atoms with E-state index in [1.165, 1.54) is 43.7 Å². The van der Waals surface area contributed by atoms with E-state index >= 15 is 0 Å². The van der Waals surface area contributed by atoms with Crippen LogP contribution < -0.4 is 5.32 Å². The summed E-state index contributed by atoms with van der Waals surface area (Å²) in [5.74, 6) is 3.86. The molecule has 118 valence electrons. The second kappa shape index (κ2) is 5.18. The number of hydrogen-bond acceptors (Lipinski definition) is 3. The van der Waals surface area contributed by atoms with E-state index in [9.17, 15) is 0 Å². The van der Waals surface area contributed by atoms with E-state index in [0.717, 1.165) is 30.2 Å². The average Bonchev–Trinajstić information content (AvgIpc) is 2.85. The predicted octanol–water partition coefficient (Wildman–Crippen LogP) is 4.31. The summed E-state index contributed by atoms with van der Waals surface area (Å²) in [6.45, 7) is 8.09. The standard InChI is InChI=1S/C18H30N2S/c1-11(2)16-10-19-17(21-16)20-12(3)18-7-13-4-14(8-18)6-15(5-13)9-18/h11-16H,4-10H2,1-3H3,(H,19,20). The lowest BCUT2D eigenvalue weighted by molar-refractivity contribution is -0.0671. The van der Waals surface area contributed by atoms with Gasteiger partial charge in [-0.05, 0) is 74.5 Å². The summed E-state index contributed by atoms with van der Waals surface area (Å²) in [4.78, 5) is 4.77. The Morgan fingerprint density at radius 3 is 2.10 bits per heavy atom. The van der Waals surface area contributed by atoms with Crippen molar-refractivity contribution >= 4 is 16.9 Å². The number of rotatable bonds is 3. The van der Waals surface area contributed by atoms with Crippen LogP contribution in [0.4, 0.5) is 0 Å². The van der Waals surface area contributed by atoms with Crippen LogP contribution in [0.1, 0.15) is 59.3 Å². The zero-order valence-corrected chi connectivity index (χ0v) is 14.6. The fourth-order valence-corrected chi connectivity index (χ4v) is 6.97. The molecule has 0 radical (unpaired) electrons. The van der Waals surface area contributed by atoms with Gasteiger partial charge in [0.05, 0.1) is 6.54 Å². The van der Waals surface area contributed by atoms with E-state index in [0.29, 0.717) is 16.7 Å². The molecule has 4 saturated carbocycles. The quantitative estimate of drug-likeness (QED) is 0.840. The van der Waals surface area contributed by atoms with E-state index in [1.807, 2.05) is 11.8 Å². The molecule has 0 spiro atoms. The zero-order valence-electron chi connectivity index (χ0n) is 13.8. The van der Waals surface area contributed by atoms with Crippen molar-refractivity contribution < 1.29 is 0 Å². The Kier molecular flexibility index (Phi) is 3.55. The summed E-state index contributed by atoms with van der Waals surface area (Å²) in [6, 6.07) is 0.614. The first kappa shape index (κ1) is 14.4. The third kappa shape index (κ3) is 2.54. The Bertz CT molecular complexity index is 407. The molecule has 4 aliphatic carbocycles. The minimum absolute atomic E-state index is 0.591. The van der Waals surface area contributed by atoms with Crippen LogP contribution in [0.2, 0.25) is 0 Å². The number of aliphatic imine (C=N–C) groups is 1. The topological polar surface area (TPSA) is 24.4 Å². The van der Waals surface area contributed by atoms with Crippen LogP contribution in [0.25, 0.3) is 0 Å². The second-order valence-electron chi connectivity index (χ2n) is 8.69. The Morgan fingerprint density at radius 2 is 1.62 bits per heavy atom. The molecule has 4 fully saturated rings. The molecule has 2 atom stereocenters. The Hall–Kier alpha value is -0.180. The number of hydrogen-bond donors (Lipinski definition) is 1. The molecule has 4 bridgehead atoms. The fourth-order valence-electron chi connectivity index (χ4n) is 5.86. The Morgan fingerprint density at radius 1 is 1.05 bits per heavy atom. The van der Waals surface area contributed by atoms with Crippen LogP contribution in [-0.4, -0.2) is 23.0 Å². The van der Waals surface area contributed by atoms with Gasteiger partial charge in [0.25, 0.3) is 0 Å². The highest BCUT2D eigenvalue weighted by Gasteiger charge is 2.53. The molecule has 3 heteroatoms. The molecule has 0 amide bonds. The largest absolute Gasteiger partial charge is 0.362 e. The highest BCUT2D eigenvalue weighted by molar-refractivity contribution is 8.14. The molecule has 21 heavy (non-hydrogen) atoms. The monoisotopic (exact) mass is 306 g/mol. The van der Waals surface area contributed by atoms with Crippen molar-refractivity contribution in [2.24, 2.45) is 34.1 Å². The number of nitrogens with zero attached hydrogens (tertiary/aromatic N) is 1. The molecule has 5 aliphatic rings. The third-order valence-electron chi connectivity index (χ3n) is 6.77. The molecule has 2 unspecified atom stereocenters. The molecule has 5 rings (SSSR count). The van der Waals surface area contributed by atoms with Gasteiger partial charge in [-0.15, -0.1) is 0 Å². The molecule has 0 aromatic heterocycles. The van der Waals surface area contributed by atoms with Crippen molar-refractivity contribution in [1.29, 1.82) is 0 Å². The van der Waals surface area contributed by atoms with Crippen LogP contribution in [0.15, 0.2) is 4.99 Å². The van der Waals surface area contributed by atoms with Gasteiger partial charge in [-0.25, -0.2) is 0 Å². The minimum atomic E-state index is 0.591. The van der Waals surface area contributed by atoms with Gasteiger partial charge in [0.1, 0.15) is 0 Å². The third-order valence-corrected chi connectivity index (χ3v) is 8.23. The van der Waals surface area contributed by atoms with E-state index in [-0.39, 0.29) is 0 Å². The summed E-state index contributed by atoms with van der Waals surface area (Å²) >= 11 is 1.99. The van der Waals surface area contributed by atoms with Crippen molar-refractivity contribution in [3.63, 3.8) is 0 Å². The minimum Gasteiger partial charge on any atom is -0.362 e. The lowest BCUT2D eigenvalue weighted by Crippen LogP contribution is -2.55. The van der Waals surface area contributed by atoms with Crippen molar-refractivity contribution in [1.82, 2.24) is 5.32 Å². The Balaban J connectivity index is 1.42. The molecule has 1 aliphatic heterocycles. The van der Waals surface area contributed by atoms with Crippen LogP contribution in [0.3, 0.4) is 0 Å². The van der Waals surface area contributed by atoms with Crippen LogP contribution in [-0.2, 0) is 0 Å². The maximum atomic E-state index is 4.77. The van der Waals surface area contributed by atoms with Crippen molar-refractivity contribution in [2.45, 2.75) is 70.6 Å². The molecule has 0 aromatic rings. The molecule has 1 N–H and O–H groups in total. The first-order valence-corrected chi connectivity index (χ1v) is 9.90. The first-order chi connectivity index (χ1) is 10.0. The first-order valence-electron chi connectivity index (χ1n) is 9.02. The maximum Gasteiger partial charge on any atom is 0.157 e. The van der Waals surface area contributed by atoms with Gasteiger partial charge < -0.3 is 5.32 Å². The number of thioether (sulfide) groups is 1. The average molecular weight is 307 g/mol. The highest BCUT2D eigenvalue weighted by Crippen LogP contribution is 2.61. The van der Waals surface area contributed by atoms with Crippen molar-refractivity contribution in [3.05, 3.63) is 0 Å². The second-order valence-corrected chi connectivity index (χ2v) is 9.92.